The van der Waals surface area contributed by atoms with E-state index in [1.165, 1.54) is 25.2 Å². The lowest BCUT2D eigenvalue weighted by Gasteiger charge is -2.63. The van der Waals surface area contributed by atoms with Crippen molar-refractivity contribution in [2.24, 2.45) is 5.41 Å². The highest BCUT2D eigenvalue weighted by Crippen LogP contribution is 2.67. The summed E-state index contributed by atoms with van der Waals surface area (Å²) in [7, 11) is 4.66. The van der Waals surface area contributed by atoms with Gasteiger partial charge in [-0.2, -0.15) is 0 Å². The van der Waals surface area contributed by atoms with Crippen molar-refractivity contribution in [3.63, 3.8) is 0 Å². The second-order valence-electron chi connectivity index (χ2n) is 13.7. The van der Waals surface area contributed by atoms with Crippen LogP contribution in [0, 0.1) is 5.41 Å². The molecule has 1 saturated heterocycles. The van der Waals surface area contributed by atoms with Crippen LogP contribution in [0.5, 0.6) is 5.75 Å². The molecule has 250 valence electrons. The number of hydrogen-bond donors (Lipinski definition) is 2. The molecule has 1 saturated carbocycles. The molecular weight excluding hydrogens is 600 g/mol. The van der Waals surface area contributed by atoms with Crippen LogP contribution in [0.4, 0.5) is 11.4 Å². The fourth-order valence-corrected chi connectivity index (χ4v) is 9.93. The zero-order valence-corrected chi connectivity index (χ0v) is 27.7. The summed E-state index contributed by atoms with van der Waals surface area (Å²) in [4.78, 5) is 46.6. The molecule has 1 aliphatic carbocycles. The van der Waals surface area contributed by atoms with Gasteiger partial charge in [0.05, 0.1) is 32.5 Å². The van der Waals surface area contributed by atoms with Crippen molar-refractivity contribution in [1.82, 2.24) is 9.80 Å². The number of aliphatic hydroxyl groups is 1. The fourth-order valence-electron chi connectivity index (χ4n) is 9.93. The Hall–Kier alpha value is -3.93. The molecule has 0 radical (unpaired) electrons. The summed E-state index contributed by atoms with van der Waals surface area (Å²) in [5.74, 6) is -1.10. The average molecular weight is 645 g/mol. The monoisotopic (exact) mass is 644 g/mol. The highest BCUT2D eigenvalue weighted by molar-refractivity contribution is 5.95. The van der Waals surface area contributed by atoms with Crippen LogP contribution < -0.4 is 15.0 Å². The predicted molar refractivity (Wildman–Crippen MR) is 175 cm³/mol. The number of anilines is 2. The highest BCUT2D eigenvalue weighted by atomic mass is 16.6. The summed E-state index contributed by atoms with van der Waals surface area (Å²) in [5, 5.41) is 16.0. The highest BCUT2D eigenvalue weighted by Gasteiger charge is 2.80. The van der Waals surface area contributed by atoms with Gasteiger partial charge in [0, 0.05) is 62.2 Å². The van der Waals surface area contributed by atoms with Gasteiger partial charge in [-0.15, -0.1) is 0 Å². The van der Waals surface area contributed by atoms with E-state index < -0.39 is 40.5 Å². The van der Waals surface area contributed by atoms with Gasteiger partial charge in [-0.05, 0) is 48.6 Å². The van der Waals surface area contributed by atoms with E-state index in [0.29, 0.717) is 37.4 Å². The lowest BCUT2D eigenvalue weighted by molar-refractivity contribution is -0.228. The van der Waals surface area contributed by atoms with E-state index >= 15 is 0 Å². The number of likely N-dealkylation sites (N-methyl/N-ethyl adjacent to an activating group) is 1. The van der Waals surface area contributed by atoms with Gasteiger partial charge in [-0.1, -0.05) is 43.3 Å². The third-order valence-electron chi connectivity index (χ3n) is 11.6. The van der Waals surface area contributed by atoms with Gasteiger partial charge >= 0.3 is 11.9 Å². The standard InChI is InChI=1S/C36H44N4O7/c1-6-34-13-9-15-40-17-14-35(30(34)40)25-18-26(37-29(42)21-39-16-12-23-10-7-8-11-24(23)20-39)28(45-4)19-27(25)38(3)31(35)36(44,33(43)46-5)32(34)47-22(2)41/h7-11,13,18-19,30-32,44H,6,12,14-17,20-21H2,1-5H3,(H,37,42)/t30-,31+,32+,34+,35+,36-/m0/s1. The Morgan fingerprint density at radius 3 is 2.55 bits per heavy atom. The number of nitrogens with zero attached hydrogens (tertiary/aromatic N) is 3. The Morgan fingerprint density at radius 2 is 1.85 bits per heavy atom. The Kier molecular flexibility index (Phi) is 7.65. The topological polar surface area (TPSA) is 121 Å². The first kappa shape index (κ1) is 31.7. The van der Waals surface area contributed by atoms with Crippen LogP contribution in [0.25, 0.3) is 0 Å². The molecule has 0 bridgehead atoms. The van der Waals surface area contributed by atoms with Gasteiger partial charge in [0.2, 0.25) is 11.5 Å². The van der Waals surface area contributed by atoms with E-state index in [1.54, 1.807) is 7.11 Å². The number of amides is 1. The summed E-state index contributed by atoms with van der Waals surface area (Å²) in [6.45, 7) is 6.46. The molecule has 4 aliphatic heterocycles. The van der Waals surface area contributed by atoms with Crippen LogP contribution in [-0.2, 0) is 42.2 Å². The maximum atomic E-state index is 13.9. The Labute approximate surface area is 275 Å². The van der Waals surface area contributed by atoms with Crippen LogP contribution in [-0.4, -0.2) is 104 Å². The molecule has 7 rings (SSSR count). The minimum Gasteiger partial charge on any atom is -0.494 e. The first-order valence-electron chi connectivity index (χ1n) is 16.5. The van der Waals surface area contributed by atoms with Crippen LogP contribution in [0.2, 0.25) is 0 Å². The van der Waals surface area contributed by atoms with Crippen molar-refractivity contribution in [2.75, 3.05) is 57.7 Å². The van der Waals surface area contributed by atoms with Gasteiger partial charge in [-0.25, -0.2) is 4.79 Å². The predicted octanol–water partition coefficient (Wildman–Crippen LogP) is 2.64. The van der Waals surface area contributed by atoms with Crippen LogP contribution in [0.15, 0.2) is 48.6 Å². The lowest BCUT2D eigenvalue weighted by atomic mass is 9.47. The second-order valence-corrected chi connectivity index (χ2v) is 13.7. The Bertz CT molecular complexity index is 1660. The summed E-state index contributed by atoms with van der Waals surface area (Å²) in [6.07, 6.45) is 4.94. The van der Waals surface area contributed by atoms with E-state index in [9.17, 15) is 19.5 Å². The molecule has 0 unspecified atom stereocenters. The van der Waals surface area contributed by atoms with Gasteiger partial charge in [0.1, 0.15) is 5.75 Å². The van der Waals surface area contributed by atoms with Gasteiger partial charge in [0.25, 0.3) is 0 Å². The molecule has 1 amide bonds. The first-order valence-corrected chi connectivity index (χ1v) is 16.5. The van der Waals surface area contributed by atoms with Gasteiger partial charge < -0.3 is 29.5 Å². The smallest absolute Gasteiger partial charge is 0.344 e. The fraction of sp³-hybridized carbons (Fsp3) is 0.528. The van der Waals surface area contributed by atoms with Crippen molar-refractivity contribution in [1.29, 1.82) is 0 Å². The summed E-state index contributed by atoms with van der Waals surface area (Å²) >= 11 is 0. The molecule has 1 spiro atoms. The largest absolute Gasteiger partial charge is 0.494 e. The molecule has 2 N–H and O–H groups in total. The zero-order chi connectivity index (χ0) is 33.3. The van der Waals surface area contributed by atoms with Gasteiger partial charge in [0.15, 0.2) is 6.10 Å². The van der Waals surface area contributed by atoms with Crippen LogP contribution in [0.3, 0.4) is 0 Å². The van der Waals surface area contributed by atoms with Crippen molar-refractivity contribution < 1.29 is 33.7 Å². The van der Waals surface area contributed by atoms with E-state index in [-0.39, 0.29) is 18.5 Å². The van der Waals surface area contributed by atoms with E-state index in [4.69, 9.17) is 14.2 Å². The Morgan fingerprint density at radius 1 is 1.09 bits per heavy atom. The number of carbonyl (C=O) groups excluding carboxylic acids is 3. The minimum absolute atomic E-state index is 0.149. The van der Waals surface area contributed by atoms with Crippen molar-refractivity contribution in [2.45, 2.75) is 68.9 Å². The van der Waals surface area contributed by atoms with Crippen LogP contribution in [0.1, 0.15) is 43.4 Å². The van der Waals surface area contributed by atoms with Crippen molar-refractivity contribution in [3.05, 3.63) is 65.2 Å². The number of hydrogen-bond acceptors (Lipinski definition) is 10. The number of rotatable bonds is 7. The number of benzene rings is 2. The van der Waals surface area contributed by atoms with Crippen LogP contribution >= 0.6 is 0 Å². The molecule has 47 heavy (non-hydrogen) atoms. The number of nitrogens with one attached hydrogen (secondary N) is 1. The average Bonchev–Trinajstić information content (AvgIpc) is 3.57. The zero-order valence-electron chi connectivity index (χ0n) is 27.7. The molecule has 0 aromatic heterocycles. The summed E-state index contributed by atoms with van der Waals surface area (Å²) in [5.41, 5.74) is 0.922. The number of esters is 2. The lowest BCUT2D eigenvalue weighted by Crippen LogP contribution is -2.81. The molecule has 5 aliphatic rings. The summed E-state index contributed by atoms with van der Waals surface area (Å²) < 4.78 is 17.1. The van der Waals surface area contributed by atoms with E-state index in [2.05, 4.69) is 33.3 Å². The third kappa shape index (κ3) is 4.39. The number of carbonyl (C=O) groups is 3. The molecule has 2 fully saturated rings. The van der Waals surface area contributed by atoms with Crippen molar-refractivity contribution >= 4 is 29.2 Å². The maximum absolute atomic E-state index is 13.9. The number of ether oxygens (including phenoxy) is 3. The first-order chi connectivity index (χ1) is 22.5. The van der Waals surface area contributed by atoms with Gasteiger partial charge in [-0.3, -0.25) is 19.4 Å². The second kappa shape index (κ2) is 11.4. The molecule has 11 nitrogen and oxygen atoms in total. The Balaban J connectivity index is 1.32. The molecule has 2 aromatic carbocycles. The summed E-state index contributed by atoms with van der Waals surface area (Å²) in [6, 6.07) is 11.2. The third-order valence-corrected chi connectivity index (χ3v) is 11.6. The SMILES string of the molecule is CC[C@]12C=CCN3CC[C@@]4(c5cc(NC(=O)CN6CCc7ccccc7C6)c(OC)cc5N(C)[C@H]4[C@@](O)(C(=O)OC)[C@@H]1OC(C)=O)[C@@H]32. The molecular formula is C36H44N4O7. The quantitative estimate of drug-likeness (QED) is 0.344. The number of fused-ring (bicyclic) bond motifs is 2. The molecule has 4 heterocycles. The number of methoxy groups -OCH3 is 2. The maximum Gasteiger partial charge on any atom is 0.344 e. The van der Waals surface area contributed by atoms with Crippen molar-refractivity contribution in [3.8, 4) is 5.75 Å². The van der Waals surface area contributed by atoms with E-state index in [0.717, 1.165) is 30.8 Å². The normalized spacial score (nSPS) is 32.1. The molecule has 6 atom stereocenters. The molecule has 11 heteroatoms. The minimum atomic E-state index is -2.21. The molecule has 2 aromatic rings. The van der Waals surface area contributed by atoms with E-state index in [1.807, 2.05) is 49.2 Å².